The van der Waals surface area contributed by atoms with Gasteiger partial charge in [-0.1, -0.05) is 0 Å². The summed E-state index contributed by atoms with van der Waals surface area (Å²) in [5.74, 6) is 0. The Balaban J connectivity index is 0. The van der Waals surface area contributed by atoms with Gasteiger partial charge in [0.15, 0.2) is 0 Å². The van der Waals surface area contributed by atoms with Crippen molar-refractivity contribution in [2.75, 3.05) is 6.61 Å². The Hall–Kier alpha value is 0.480. The molecule has 1 unspecified atom stereocenters. The lowest BCUT2D eigenvalue weighted by atomic mass is 10.3. The number of aliphatic hydroxyl groups excluding tert-OH is 2. The van der Waals surface area contributed by atoms with Gasteiger partial charge >= 0.3 is 12.3 Å². The Labute approximate surface area is 87.3 Å². The second kappa shape index (κ2) is 6.87. The first-order valence-corrected chi connectivity index (χ1v) is 6.50. The number of halogens is 5. The third-order valence-corrected chi connectivity index (χ3v) is 0.678. The second-order valence-corrected chi connectivity index (χ2v) is 6.23. The van der Waals surface area contributed by atoms with Gasteiger partial charge in [-0.25, -0.2) is 0 Å². The Bertz CT molecular complexity index is 185. The van der Waals surface area contributed by atoms with Crippen molar-refractivity contribution in [2.45, 2.75) is 18.7 Å². The van der Waals surface area contributed by atoms with Crippen LogP contribution in [0.15, 0.2) is 0 Å². The zero-order valence-electron chi connectivity index (χ0n) is 6.58. The summed E-state index contributed by atoms with van der Waals surface area (Å²) < 4.78 is 43.0. The van der Waals surface area contributed by atoms with Gasteiger partial charge in [0, 0.05) is 0 Å². The molecular weight excluding hydrogens is 271 g/mol. The van der Waals surface area contributed by atoms with Gasteiger partial charge in [0.2, 0.25) is 0 Å². The standard InChI is InChI=1S/C4H7F3O2.Cl2HO2P/c5-4(6,7)1-3(9)2-8;1-5(2,3)4/h3,8-9H,1-2H2;(H,3,4). The minimum atomic E-state index is -4.39. The van der Waals surface area contributed by atoms with E-state index in [0.717, 1.165) is 0 Å². The van der Waals surface area contributed by atoms with E-state index in [-0.39, 0.29) is 0 Å². The molecule has 0 fully saturated rings. The molecule has 88 valence electrons. The van der Waals surface area contributed by atoms with E-state index in [9.17, 15) is 17.7 Å². The van der Waals surface area contributed by atoms with Crippen molar-refractivity contribution < 1.29 is 32.8 Å². The topological polar surface area (TPSA) is 77.8 Å². The summed E-state index contributed by atoms with van der Waals surface area (Å²) in [5, 5.41) is 16.2. The van der Waals surface area contributed by atoms with E-state index in [2.05, 4.69) is 22.5 Å². The van der Waals surface area contributed by atoms with E-state index in [1.54, 1.807) is 0 Å². The van der Waals surface area contributed by atoms with Crippen LogP contribution in [0.5, 0.6) is 0 Å². The summed E-state index contributed by atoms with van der Waals surface area (Å²) in [6.45, 7) is -0.848. The van der Waals surface area contributed by atoms with Gasteiger partial charge in [-0.15, -0.1) is 0 Å². The van der Waals surface area contributed by atoms with Crippen LogP contribution in [0.4, 0.5) is 13.2 Å². The third kappa shape index (κ3) is 29.4. The van der Waals surface area contributed by atoms with Crippen LogP contribution in [-0.4, -0.2) is 34.0 Å². The molecule has 0 aromatic rings. The Morgan fingerprint density at radius 2 is 1.64 bits per heavy atom. The molecule has 3 N–H and O–H groups in total. The predicted octanol–water partition coefficient (Wildman–Crippen LogP) is 1.86. The van der Waals surface area contributed by atoms with Crippen molar-refractivity contribution in [1.29, 1.82) is 0 Å². The largest absolute Gasteiger partial charge is 0.394 e. The van der Waals surface area contributed by atoms with Crippen molar-refractivity contribution >= 4 is 28.6 Å². The zero-order valence-corrected chi connectivity index (χ0v) is 8.98. The monoisotopic (exact) mass is 278 g/mol. The van der Waals surface area contributed by atoms with Crippen molar-refractivity contribution in [2.24, 2.45) is 0 Å². The highest BCUT2D eigenvalue weighted by Crippen LogP contribution is 2.51. The molecule has 4 nitrogen and oxygen atoms in total. The molecule has 0 bridgehead atoms. The number of hydrogen-bond donors (Lipinski definition) is 3. The number of rotatable bonds is 2. The first-order chi connectivity index (χ1) is 5.95. The third-order valence-electron chi connectivity index (χ3n) is 0.678. The van der Waals surface area contributed by atoms with E-state index in [1.807, 2.05) is 0 Å². The normalized spacial score (nSPS) is 14.3. The van der Waals surface area contributed by atoms with Crippen molar-refractivity contribution in [3.63, 3.8) is 0 Å². The summed E-state index contributed by atoms with van der Waals surface area (Å²) in [5.41, 5.74) is 0. The van der Waals surface area contributed by atoms with Gasteiger partial charge in [0.05, 0.1) is 19.1 Å². The van der Waals surface area contributed by atoms with Gasteiger partial charge in [-0.2, -0.15) is 13.2 Å². The number of hydrogen-bond acceptors (Lipinski definition) is 3. The highest BCUT2D eigenvalue weighted by molar-refractivity contribution is 8.04. The molecule has 0 spiro atoms. The molecule has 1 atom stereocenters. The maximum absolute atomic E-state index is 11.2. The van der Waals surface area contributed by atoms with Gasteiger partial charge in [-0.05, 0) is 22.5 Å². The van der Waals surface area contributed by atoms with E-state index in [0.29, 0.717) is 0 Å². The second-order valence-electron chi connectivity index (χ2n) is 2.09. The smallest absolute Gasteiger partial charge is 0.391 e. The average Bonchev–Trinajstić information content (AvgIpc) is 1.79. The zero-order chi connectivity index (χ0) is 12.0. The van der Waals surface area contributed by atoms with Gasteiger partial charge in [0.25, 0.3) is 0 Å². The Kier molecular flexibility index (Phi) is 8.29. The first kappa shape index (κ1) is 16.9. The van der Waals surface area contributed by atoms with Crippen LogP contribution in [0.3, 0.4) is 0 Å². The molecule has 0 heterocycles. The fraction of sp³-hybridized carbons (Fsp3) is 1.00. The van der Waals surface area contributed by atoms with Crippen LogP contribution in [-0.2, 0) is 4.57 Å². The van der Waals surface area contributed by atoms with E-state index in [1.165, 1.54) is 0 Å². The summed E-state index contributed by atoms with van der Waals surface area (Å²) in [6.07, 6.45) is -11.1. The Morgan fingerprint density at radius 3 is 1.71 bits per heavy atom. The molecule has 0 aliphatic carbocycles. The maximum Gasteiger partial charge on any atom is 0.391 e. The molecule has 10 heteroatoms. The molecule has 0 saturated carbocycles. The predicted molar refractivity (Wildman–Crippen MR) is 45.3 cm³/mol. The van der Waals surface area contributed by atoms with Crippen LogP contribution in [0, 0.1) is 0 Å². The maximum atomic E-state index is 11.2. The molecule has 0 aromatic heterocycles. The van der Waals surface area contributed by atoms with Crippen LogP contribution < -0.4 is 0 Å². The minimum Gasteiger partial charge on any atom is -0.394 e. The highest BCUT2D eigenvalue weighted by atomic mass is 35.9. The minimum absolute atomic E-state index is 0.848. The van der Waals surface area contributed by atoms with E-state index < -0.39 is 31.4 Å². The summed E-state index contributed by atoms with van der Waals surface area (Å²) in [4.78, 5) is 7.61. The van der Waals surface area contributed by atoms with Crippen LogP contribution in [0.2, 0.25) is 0 Å². The molecule has 0 radical (unpaired) electrons. The lowest BCUT2D eigenvalue weighted by Gasteiger charge is -2.08. The quantitative estimate of drug-likeness (QED) is 0.674. The number of aliphatic hydroxyl groups is 2. The fourth-order valence-corrected chi connectivity index (χ4v) is 0.332. The van der Waals surface area contributed by atoms with E-state index in [4.69, 9.17) is 15.1 Å². The van der Waals surface area contributed by atoms with Crippen molar-refractivity contribution in [3.8, 4) is 0 Å². The van der Waals surface area contributed by atoms with Crippen LogP contribution in [0.1, 0.15) is 6.42 Å². The SMILES string of the molecule is O=P(O)(Cl)Cl.OCC(O)CC(F)(F)F. The molecular formula is C4H8Cl2F3O4P. The first-order valence-electron chi connectivity index (χ1n) is 3.03. The van der Waals surface area contributed by atoms with Crippen molar-refractivity contribution in [3.05, 3.63) is 0 Å². The molecule has 0 rings (SSSR count). The Morgan fingerprint density at radius 1 is 1.36 bits per heavy atom. The van der Waals surface area contributed by atoms with Crippen LogP contribution >= 0.6 is 28.6 Å². The van der Waals surface area contributed by atoms with E-state index >= 15 is 0 Å². The van der Waals surface area contributed by atoms with Gasteiger partial charge in [-0.3, -0.25) is 4.57 Å². The van der Waals surface area contributed by atoms with Crippen molar-refractivity contribution in [1.82, 2.24) is 0 Å². The lowest BCUT2D eigenvalue weighted by molar-refractivity contribution is -0.157. The molecule has 0 aromatic carbocycles. The summed E-state index contributed by atoms with van der Waals surface area (Å²) >= 11 is 8.81. The summed E-state index contributed by atoms with van der Waals surface area (Å²) in [7, 11) is 0. The molecule has 0 aliphatic rings. The summed E-state index contributed by atoms with van der Waals surface area (Å²) in [6, 6.07) is 0. The lowest BCUT2D eigenvalue weighted by Crippen LogP contribution is -2.21. The highest BCUT2D eigenvalue weighted by Gasteiger charge is 2.30. The van der Waals surface area contributed by atoms with Gasteiger partial charge < -0.3 is 15.1 Å². The molecule has 14 heavy (non-hydrogen) atoms. The number of alkyl halides is 3. The van der Waals surface area contributed by atoms with Gasteiger partial charge in [0.1, 0.15) is 0 Å². The average molecular weight is 279 g/mol. The molecule has 0 saturated heterocycles. The molecule has 0 aliphatic heterocycles. The molecule has 0 amide bonds. The fourth-order valence-electron chi connectivity index (χ4n) is 0.332. The van der Waals surface area contributed by atoms with Crippen LogP contribution in [0.25, 0.3) is 0 Å².